The number of rotatable bonds is 6. The Bertz CT molecular complexity index is 498. The van der Waals surface area contributed by atoms with Gasteiger partial charge in [-0.1, -0.05) is 17.7 Å². The quantitative estimate of drug-likeness (QED) is 0.757. The summed E-state index contributed by atoms with van der Waals surface area (Å²) in [6.07, 6.45) is 2.75. The lowest BCUT2D eigenvalue weighted by molar-refractivity contribution is 0.260. The average Bonchev–Trinajstić information content (AvgIpc) is 2.60. The van der Waals surface area contributed by atoms with Crippen LogP contribution in [0.1, 0.15) is 0 Å². The summed E-state index contributed by atoms with van der Waals surface area (Å²) in [6.45, 7) is 3.26. The van der Waals surface area contributed by atoms with Crippen LogP contribution in [0.4, 0.5) is 0 Å². The Morgan fingerprint density at radius 3 is 2.76 bits per heavy atom. The molecule has 1 heterocycles. The summed E-state index contributed by atoms with van der Waals surface area (Å²) in [5.74, 6) is 0. The maximum atomic E-state index is 12.2. The van der Waals surface area contributed by atoms with E-state index in [0.717, 1.165) is 4.31 Å². The topological polar surface area (TPSA) is 75.4 Å². The average molecular weight is 280 g/mol. The number of imidazole rings is 1. The van der Waals surface area contributed by atoms with E-state index in [-0.39, 0.29) is 29.9 Å². The largest absolute Gasteiger partial charge is 0.395 e. The molecule has 8 heteroatoms. The number of hydrogen-bond donors (Lipinski definition) is 1. The van der Waals surface area contributed by atoms with Gasteiger partial charge in [0.05, 0.1) is 12.9 Å². The summed E-state index contributed by atoms with van der Waals surface area (Å²) in [5, 5.41) is 8.68. The van der Waals surface area contributed by atoms with Gasteiger partial charge in [-0.3, -0.25) is 0 Å². The van der Waals surface area contributed by atoms with Gasteiger partial charge in [0.2, 0.25) is 5.03 Å². The van der Waals surface area contributed by atoms with Gasteiger partial charge in [0, 0.05) is 20.1 Å². The minimum absolute atomic E-state index is 0.0265. The predicted molar refractivity (Wildman–Crippen MR) is 64.3 cm³/mol. The molecule has 0 amide bonds. The summed E-state index contributed by atoms with van der Waals surface area (Å²) >= 11 is 5.84. The van der Waals surface area contributed by atoms with Crippen LogP contribution >= 0.6 is 11.6 Å². The normalized spacial score (nSPS) is 12.0. The van der Waals surface area contributed by atoms with Crippen LogP contribution in [0.3, 0.4) is 0 Å². The van der Waals surface area contributed by atoms with Gasteiger partial charge >= 0.3 is 0 Å². The Labute approximate surface area is 105 Å². The number of sulfonamides is 1. The van der Waals surface area contributed by atoms with Crippen LogP contribution in [0.15, 0.2) is 24.0 Å². The monoisotopic (exact) mass is 279 g/mol. The van der Waals surface area contributed by atoms with Crippen molar-refractivity contribution in [3.8, 4) is 0 Å². The molecule has 1 aromatic heterocycles. The third-order valence-corrected chi connectivity index (χ3v) is 4.46. The molecule has 1 aromatic rings. The van der Waals surface area contributed by atoms with Crippen molar-refractivity contribution in [2.75, 3.05) is 19.7 Å². The Balaban J connectivity index is 3.16. The third-order valence-electron chi connectivity index (χ3n) is 2.10. The molecule has 0 aliphatic carbocycles. The standard InChI is InChI=1S/C9H14ClN3O3S/c1-3-4-13(5-6-14)17(15,16)9-8(10)12(2)7-11-9/h3,7,14H,1,4-6H2,2H3. The van der Waals surface area contributed by atoms with Gasteiger partial charge < -0.3 is 9.67 Å². The van der Waals surface area contributed by atoms with Gasteiger partial charge in [-0.2, -0.15) is 4.31 Å². The molecule has 0 saturated carbocycles. The molecule has 0 saturated heterocycles. The van der Waals surface area contributed by atoms with Crippen molar-refractivity contribution in [1.82, 2.24) is 13.9 Å². The molecular formula is C9H14ClN3O3S. The maximum absolute atomic E-state index is 12.2. The van der Waals surface area contributed by atoms with Crippen LogP contribution in [-0.4, -0.2) is 47.1 Å². The van der Waals surface area contributed by atoms with Crippen LogP contribution < -0.4 is 0 Å². The molecule has 0 aliphatic heterocycles. The van der Waals surface area contributed by atoms with E-state index in [2.05, 4.69) is 11.6 Å². The van der Waals surface area contributed by atoms with Crippen molar-refractivity contribution in [2.24, 2.45) is 7.05 Å². The van der Waals surface area contributed by atoms with Crippen LogP contribution in [0.25, 0.3) is 0 Å². The number of aryl methyl sites for hydroxylation is 1. The van der Waals surface area contributed by atoms with Crippen molar-refractivity contribution >= 4 is 21.6 Å². The SMILES string of the molecule is C=CCN(CCO)S(=O)(=O)c1ncn(C)c1Cl. The molecule has 0 atom stereocenters. The first-order chi connectivity index (χ1) is 7.95. The summed E-state index contributed by atoms with van der Waals surface area (Å²) in [6, 6.07) is 0. The van der Waals surface area contributed by atoms with E-state index in [0.29, 0.717) is 0 Å². The van der Waals surface area contributed by atoms with Crippen molar-refractivity contribution in [1.29, 1.82) is 0 Å². The van der Waals surface area contributed by atoms with E-state index in [4.69, 9.17) is 16.7 Å². The van der Waals surface area contributed by atoms with E-state index in [9.17, 15) is 8.42 Å². The fourth-order valence-electron chi connectivity index (χ4n) is 1.25. The molecule has 0 radical (unpaired) electrons. The Morgan fingerprint density at radius 1 is 1.71 bits per heavy atom. The third kappa shape index (κ3) is 2.86. The zero-order valence-electron chi connectivity index (χ0n) is 9.37. The van der Waals surface area contributed by atoms with Crippen molar-refractivity contribution in [3.05, 3.63) is 24.1 Å². The highest BCUT2D eigenvalue weighted by atomic mass is 35.5. The molecule has 0 unspecified atom stereocenters. The second-order valence-corrected chi connectivity index (χ2v) is 5.54. The Morgan fingerprint density at radius 2 is 2.35 bits per heavy atom. The van der Waals surface area contributed by atoms with E-state index in [1.54, 1.807) is 7.05 Å². The number of aromatic nitrogens is 2. The molecule has 0 fully saturated rings. The highest BCUT2D eigenvalue weighted by Gasteiger charge is 2.28. The smallest absolute Gasteiger partial charge is 0.264 e. The van der Waals surface area contributed by atoms with Gasteiger partial charge in [-0.15, -0.1) is 6.58 Å². The maximum Gasteiger partial charge on any atom is 0.264 e. The molecule has 0 spiro atoms. The number of nitrogens with zero attached hydrogens (tertiary/aromatic N) is 3. The van der Waals surface area contributed by atoms with E-state index in [1.165, 1.54) is 17.0 Å². The van der Waals surface area contributed by atoms with Crippen molar-refractivity contribution in [2.45, 2.75) is 5.03 Å². The second kappa shape index (κ2) is 5.63. The summed E-state index contributed by atoms with van der Waals surface area (Å²) < 4.78 is 26.8. The van der Waals surface area contributed by atoms with Crippen LogP contribution in [-0.2, 0) is 17.1 Å². The minimum atomic E-state index is -3.80. The molecule has 1 N–H and O–H groups in total. The van der Waals surface area contributed by atoms with Gasteiger partial charge in [-0.05, 0) is 0 Å². The minimum Gasteiger partial charge on any atom is -0.395 e. The lowest BCUT2D eigenvalue weighted by atomic mass is 10.6. The molecule has 0 bridgehead atoms. The van der Waals surface area contributed by atoms with E-state index >= 15 is 0 Å². The Hall–Kier alpha value is -0.890. The first kappa shape index (κ1) is 14.2. The fourth-order valence-corrected chi connectivity index (χ4v) is 3.04. The van der Waals surface area contributed by atoms with Crippen molar-refractivity contribution in [3.63, 3.8) is 0 Å². The molecule has 1 rings (SSSR count). The highest BCUT2D eigenvalue weighted by molar-refractivity contribution is 7.89. The zero-order chi connectivity index (χ0) is 13.1. The van der Waals surface area contributed by atoms with Crippen LogP contribution in [0.2, 0.25) is 5.15 Å². The lowest BCUT2D eigenvalue weighted by Crippen LogP contribution is -2.34. The highest BCUT2D eigenvalue weighted by Crippen LogP contribution is 2.22. The van der Waals surface area contributed by atoms with Gasteiger partial charge in [0.1, 0.15) is 5.15 Å². The summed E-state index contributed by atoms with van der Waals surface area (Å²) in [7, 11) is -2.20. The molecule has 17 heavy (non-hydrogen) atoms. The number of hydrogen-bond acceptors (Lipinski definition) is 4. The molecule has 0 aliphatic rings. The molecular weight excluding hydrogens is 266 g/mol. The first-order valence-corrected chi connectivity index (χ1v) is 6.65. The molecule has 0 aromatic carbocycles. The number of aliphatic hydroxyl groups excluding tert-OH is 1. The van der Waals surface area contributed by atoms with E-state index in [1.807, 2.05) is 0 Å². The number of aliphatic hydroxyl groups is 1. The molecule has 96 valence electrons. The van der Waals surface area contributed by atoms with Gasteiger partial charge in [-0.25, -0.2) is 13.4 Å². The second-order valence-electron chi connectivity index (χ2n) is 3.33. The van der Waals surface area contributed by atoms with Crippen molar-refractivity contribution < 1.29 is 13.5 Å². The Kier molecular flexibility index (Phi) is 4.70. The van der Waals surface area contributed by atoms with Gasteiger partial charge in [0.25, 0.3) is 10.0 Å². The predicted octanol–water partition coefficient (Wildman–Crippen LogP) is 0.242. The first-order valence-electron chi connectivity index (χ1n) is 4.84. The number of halogens is 1. The lowest BCUT2D eigenvalue weighted by Gasteiger charge is -2.18. The summed E-state index contributed by atoms with van der Waals surface area (Å²) in [5.41, 5.74) is 0. The van der Waals surface area contributed by atoms with E-state index < -0.39 is 10.0 Å². The zero-order valence-corrected chi connectivity index (χ0v) is 10.9. The van der Waals surface area contributed by atoms with Crippen LogP contribution in [0, 0.1) is 0 Å². The van der Waals surface area contributed by atoms with Gasteiger partial charge in [0.15, 0.2) is 0 Å². The fraction of sp³-hybridized carbons (Fsp3) is 0.444. The summed E-state index contributed by atoms with van der Waals surface area (Å²) in [4.78, 5) is 3.76. The van der Waals surface area contributed by atoms with Crippen LogP contribution in [0.5, 0.6) is 0 Å². The molecule has 6 nitrogen and oxygen atoms in total.